The molecule has 32 heavy (non-hydrogen) atoms. The summed E-state index contributed by atoms with van der Waals surface area (Å²) in [4.78, 5) is 32.3. The Balaban J connectivity index is 1.35. The van der Waals surface area contributed by atoms with E-state index in [2.05, 4.69) is 11.4 Å². The third-order valence-electron chi connectivity index (χ3n) is 6.19. The van der Waals surface area contributed by atoms with Crippen LogP contribution in [0.15, 0.2) is 53.2 Å². The highest BCUT2D eigenvalue weighted by molar-refractivity contribution is 7.12. The second-order valence-corrected chi connectivity index (χ2v) is 10.3. The van der Waals surface area contributed by atoms with Gasteiger partial charge in [-0.05, 0) is 66.3 Å². The number of nitrogens with zero attached hydrogens (tertiary/aromatic N) is 2. The number of ether oxygens (including phenoxy) is 1. The molecule has 0 spiro atoms. The van der Waals surface area contributed by atoms with E-state index in [4.69, 9.17) is 4.74 Å². The number of para-hydroxylation sites is 1. The number of carbonyl (C=O) groups is 2. The molecule has 2 aliphatic rings. The van der Waals surface area contributed by atoms with E-state index in [0.717, 1.165) is 30.6 Å². The number of carbonyl (C=O) groups excluding carboxylic acids is 2. The van der Waals surface area contributed by atoms with Gasteiger partial charge < -0.3 is 14.5 Å². The van der Waals surface area contributed by atoms with Crippen LogP contribution in [0.25, 0.3) is 0 Å². The normalized spacial score (nSPS) is 17.7. The van der Waals surface area contributed by atoms with Gasteiger partial charge in [0.1, 0.15) is 18.9 Å². The predicted molar refractivity (Wildman–Crippen MR) is 128 cm³/mol. The van der Waals surface area contributed by atoms with Crippen molar-refractivity contribution in [1.29, 1.82) is 0 Å². The van der Waals surface area contributed by atoms with Crippen molar-refractivity contribution < 1.29 is 14.3 Å². The molecule has 0 N–H and O–H groups in total. The van der Waals surface area contributed by atoms with Gasteiger partial charge in [-0.1, -0.05) is 24.3 Å². The zero-order valence-corrected chi connectivity index (χ0v) is 19.7. The van der Waals surface area contributed by atoms with Crippen molar-refractivity contribution in [3.05, 3.63) is 74.1 Å². The molecule has 3 aromatic rings. The molecule has 1 atom stereocenters. The minimum atomic E-state index is -0.144. The Kier molecular flexibility index (Phi) is 6.02. The molecule has 1 aliphatic carbocycles. The number of hydrogen-bond donors (Lipinski definition) is 0. The fourth-order valence-corrected chi connectivity index (χ4v) is 5.90. The van der Waals surface area contributed by atoms with Crippen LogP contribution >= 0.6 is 22.7 Å². The van der Waals surface area contributed by atoms with Crippen LogP contribution in [0.3, 0.4) is 0 Å². The number of fused-ring (bicyclic) bond motifs is 1. The first kappa shape index (κ1) is 21.2. The molecule has 1 fully saturated rings. The Morgan fingerprint density at radius 3 is 2.69 bits per heavy atom. The van der Waals surface area contributed by atoms with Gasteiger partial charge in [-0.2, -0.15) is 0 Å². The lowest BCUT2D eigenvalue weighted by molar-refractivity contribution is -0.135. The number of thiophene rings is 2. The smallest absolute Gasteiger partial charge is 0.264 e. The van der Waals surface area contributed by atoms with Crippen LogP contribution in [0.4, 0.5) is 0 Å². The lowest BCUT2D eigenvalue weighted by Crippen LogP contribution is -2.48. The Hall–Kier alpha value is -2.64. The van der Waals surface area contributed by atoms with Crippen LogP contribution in [0, 0.1) is 6.92 Å². The molecule has 7 heteroatoms. The first-order chi connectivity index (χ1) is 15.6. The molecule has 3 heterocycles. The van der Waals surface area contributed by atoms with E-state index in [1.165, 1.54) is 21.8 Å². The van der Waals surface area contributed by atoms with Crippen molar-refractivity contribution in [3.8, 4) is 5.75 Å². The maximum atomic E-state index is 13.5. The highest BCUT2D eigenvalue weighted by atomic mass is 32.1. The van der Waals surface area contributed by atoms with Crippen molar-refractivity contribution in [2.45, 2.75) is 38.3 Å². The molecule has 1 aliphatic heterocycles. The van der Waals surface area contributed by atoms with Crippen LogP contribution in [-0.2, 0) is 11.2 Å². The molecule has 5 nitrogen and oxygen atoms in total. The second-order valence-electron chi connectivity index (χ2n) is 8.37. The van der Waals surface area contributed by atoms with Crippen LogP contribution in [0.1, 0.15) is 44.6 Å². The van der Waals surface area contributed by atoms with Crippen molar-refractivity contribution in [3.63, 3.8) is 0 Å². The Bertz CT molecular complexity index is 1100. The van der Waals surface area contributed by atoms with Gasteiger partial charge in [0, 0.05) is 17.5 Å². The van der Waals surface area contributed by atoms with E-state index in [9.17, 15) is 9.59 Å². The van der Waals surface area contributed by atoms with Gasteiger partial charge in [0.05, 0.1) is 10.9 Å². The van der Waals surface area contributed by atoms with Crippen molar-refractivity contribution in [2.24, 2.45) is 0 Å². The summed E-state index contributed by atoms with van der Waals surface area (Å²) in [5.74, 6) is 0.809. The number of aryl methyl sites for hydroxylation is 1. The molecule has 166 valence electrons. The molecule has 0 bridgehead atoms. The number of amides is 2. The van der Waals surface area contributed by atoms with E-state index in [-0.39, 0.29) is 30.4 Å². The lowest BCUT2D eigenvalue weighted by atomic mass is 10.0. The summed E-state index contributed by atoms with van der Waals surface area (Å²) in [5.41, 5.74) is 2.25. The van der Waals surface area contributed by atoms with Crippen LogP contribution in [0.2, 0.25) is 0 Å². The molecule has 0 saturated heterocycles. The van der Waals surface area contributed by atoms with Crippen molar-refractivity contribution in [2.75, 3.05) is 19.7 Å². The third-order valence-corrected chi connectivity index (χ3v) is 8.05. The van der Waals surface area contributed by atoms with Gasteiger partial charge in [-0.15, -0.1) is 22.7 Å². The first-order valence-corrected chi connectivity index (χ1v) is 12.8. The monoisotopic (exact) mass is 466 g/mol. The molecule has 2 aromatic heterocycles. The van der Waals surface area contributed by atoms with E-state index in [1.807, 2.05) is 53.6 Å². The van der Waals surface area contributed by atoms with Crippen molar-refractivity contribution in [1.82, 2.24) is 9.80 Å². The van der Waals surface area contributed by atoms with E-state index < -0.39 is 0 Å². The van der Waals surface area contributed by atoms with Crippen molar-refractivity contribution >= 4 is 34.5 Å². The zero-order chi connectivity index (χ0) is 22.1. The van der Waals surface area contributed by atoms with Gasteiger partial charge in [0.15, 0.2) is 0 Å². The van der Waals surface area contributed by atoms with Crippen LogP contribution in [-0.4, -0.2) is 47.4 Å². The number of hydrogen-bond acceptors (Lipinski definition) is 5. The molecular weight excluding hydrogens is 440 g/mol. The number of benzene rings is 1. The van der Waals surface area contributed by atoms with E-state index in [0.29, 0.717) is 18.0 Å². The van der Waals surface area contributed by atoms with Gasteiger partial charge in [-0.3, -0.25) is 9.59 Å². The van der Waals surface area contributed by atoms with Crippen LogP contribution < -0.4 is 4.74 Å². The van der Waals surface area contributed by atoms with E-state index in [1.54, 1.807) is 16.2 Å². The lowest BCUT2D eigenvalue weighted by Gasteiger charge is -2.37. The summed E-state index contributed by atoms with van der Waals surface area (Å²) < 4.78 is 6.19. The highest BCUT2D eigenvalue weighted by Gasteiger charge is 2.38. The minimum Gasteiger partial charge on any atom is -0.491 e. The summed E-state index contributed by atoms with van der Waals surface area (Å²) in [5, 5.41) is 4.00. The standard InChI is InChI=1S/C25H26N2O3S2/c1-17-5-2-3-6-21(17)30-16-20-19-11-14-32-22(19)10-12-26(20)24(28)15-27(18-8-9-18)25(29)23-7-4-13-31-23/h2-7,11,13-14,18,20H,8-10,12,15-16H2,1H3/t20-/m1/s1. The minimum absolute atomic E-state index is 0.00274. The van der Waals surface area contributed by atoms with Gasteiger partial charge in [-0.25, -0.2) is 0 Å². The summed E-state index contributed by atoms with van der Waals surface area (Å²) in [6, 6.07) is 13.8. The maximum absolute atomic E-state index is 13.5. The van der Waals surface area contributed by atoms with Crippen LogP contribution in [0.5, 0.6) is 5.75 Å². The Labute approximate surface area is 196 Å². The Morgan fingerprint density at radius 1 is 1.09 bits per heavy atom. The first-order valence-electron chi connectivity index (χ1n) is 11.0. The average molecular weight is 467 g/mol. The molecule has 0 radical (unpaired) electrons. The maximum Gasteiger partial charge on any atom is 0.264 e. The fraction of sp³-hybridized carbons (Fsp3) is 0.360. The van der Waals surface area contributed by atoms with Gasteiger partial charge >= 0.3 is 0 Å². The Morgan fingerprint density at radius 2 is 1.94 bits per heavy atom. The van der Waals surface area contributed by atoms with Gasteiger partial charge in [0.25, 0.3) is 5.91 Å². The second kappa shape index (κ2) is 9.08. The molecular formula is C25H26N2O3S2. The van der Waals surface area contributed by atoms with E-state index >= 15 is 0 Å². The molecule has 5 rings (SSSR count). The quantitative estimate of drug-likeness (QED) is 0.496. The summed E-state index contributed by atoms with van der Waals surface area (Å²) in [6.45, 7) is 3.21. The third kappa shape index (κ3) is 4.32. The molecule has 1 aromatic carbocycles. The van der Waals surface area contributed by atoms with Gasteiger partial charge in [0.2, 0.25) is 5.91 Å². The predicted octanol–water partition coefficient (Wildman–Crippen LogP) is 4.93. The summed E-state index contributed by atoms with van der Waals surface area (Å²) in [6.07, 6.45) is 2.79. The SMILES string of the molecule is Cc1ccccc1OC[C@@H]1c2ccsc2CCN1C(=O)CN(C(=O)c1cccs1)C1CC1. The average Bonchev–Trinajstić information content (AvgIpc) is 3.28. The zero-order valence-electron chi connectivity index (χ0n) is 18.0. The molecule has 1 saturated carbocycles. The molecule has 0 unspecified atom stereocenters. The highest BCUT2D eigenvalue weighted by Crippen LogP contribution is 2.35. The number of rotatable bonds is 7. The summed E-state index contributed by atoms with van der Waals surface area (Å²) in [7, 11) is 0. The summed E-state index contributed by atoms with van der Waals surface area (Å²) >= 11 is 3.17. The fourth-order valence-electron chi connectivity index (χ4n) is 4.29. The topological polar surface area (TPSA) is 49.9 Å². The molecule has 2 amide bonds. The largest absolute Gasteiger partial charge is 0.491 e.